The summed E-state index contributed by atoms with van der Waals surface area (Å²) in [5, 5.41) is 10.9. The van der Waals surface area contributed by atoms with Crippen molar-refractivity contribution in [2.24, 2.45) is 5.92 Å². The zero-order valence-electron chi connectivity index (χ0n) is 21.4. The Morgan fingerprint density at radius 1 is 1.11 bits per heavy atom. The third-order valence-electron chi connectivity index (χ3n) is 7.14. The lowest BCUT2D eigenvalue weighted by Crippen LogP contribution is -2.38. The van der Waals surface area contributed by atoms with Gasteiger partial charge in [0.15, 0.2) is 0 Å². The molecule has 6 nitrogen and oxygen atoms in total. The highest BCUT2D eigenvalue weighted by molar-refractivity contribution is 5.83. The Hall–Kier alpha value is -3.19. The Balaban J connectivity index is 1.72. The van der Waals surface area contributed by atoms with Crippen LogP contribution in [0.4, 0.5) is 10.2 Å². The molecule has 0 spiro atoms. The number of carbonyl (C=O) groups excluding carboxylic acids is 1. The number of aromatic nitrogens is 1. The third-order valence-corrected chi connectivity index (χ3v) is 7.14. The van der Waals surface area contributed by atoms with Crippen LogP contribution in [0, 0.1) is 11.7 Å². The average molecular weight is 494 g/mol. The molecule has 4 rings (SSSR count). The number of carbonyl (C=O) groups is 1. The summed E-state index contributed by atoms with van der Waals surface area (Å²) in [6, 6.07) is 14.4. The van der Waals surface area contributed by atoms with E-state index in [2.05, 4.69) is 4.90 Å². The first-order valence-electron chi connectivity index (χ1n) is 12.9. The van der Waals surface area contributed by atoms with Crippen LogP contribution in [-0.2, 0) is 17.9 Å². The van der Waals surface area contributed by atoms with E-state index in [1.807, 2.05) is 49.1 Å². The van der Waals surface area contributed by atoms with Crippen molar-refractivity contribution >= 4 is 22.6 Å². The van der Waals surface area contributed by atoms with E-state index in [0.29, 0.717) is 44.5 Å². The maximum Gasteiger partial charge on any atom is 0.226 e. The Kier molecular flexibility index (Phi) is 8.41. The fraction of sp³-hybridized carbons (Fsp3) is 0.448. The van der Waals surface area contributed by atoms with Gasteiger partial charge < -0.3 is 19.6 Å². The van der Waals surface area contributed by atoms with Crippen LogP contribution in [0.1, 0.15) is 50.7 Å². The van der Waals surface area contributed by atoms with Gasteiger partial charge in [0, 0.05) is 49.1 Å². The van der Waals surface area contributed by atoms with Crippen molar-refractivity contribution in [3.05, 3.63) is 65.5 Å². The van der Waals surface area contributed by atoms with Crippen molar-refractivity contribution in [2.75, 3.05) is 25.1 Å². The van der Waals surface area contributed by atoms with Gasteiger partial charge in [0.25, 0.3) is 0 Å². The molecule has 3 aromatic rings. The smallest absolute Gasteiger partial charge is 0.226 e. The van der Waals surface area contributed by atoms with Crippen molar-refractivity contribution in [1.29, 1.82) is 0 Å². The van der Waals surface area contributed by atoms with E-state index in [-0.39, 0.29) is 23.7 Å². The van der Waals surface area contributed by atoms with E-state index in [1.54, 1.807) is 13.2 Å². The molecule has 0 aliphatic carbocycles. The van der Waals surface area contributed by atoms with Crippen LogP contribution in [0.5, 0.6) is 5.75 Å². The number of aliphatic hydroxyl groups excluding tert-OH is 1. The zero-order chi connectivity index (χ0) is 25.7. The summed E-state index contributed by atoms with van der Waals surface area (Å²) in [6.07, 6.45) is 2.56. The van der Waals surface area contributed by atoms with Gasteiger partial charge in [0.1, 0.15) is 17.4 Å². The third kappa shape index (κ3) is 5.95. The number of benzene rings is 2. The van der Waals surface area contributed by atoms with Crippen molar-refractivity contribution in [3.63, 3.8) is 0 Å². The number of anilines is 1. The molecular weight excluding hydrogens is 457 g/mol. The van der Waals surface area contributed by atoms with Crippen LogP contribution in [0.15, 0.2) is 48.5 Å². The van der Waals surface area contributed by atoms with Crippen LogP contribution in [0.2, 0.25) is 0 Å². The van der Waals surface area contributed by atoms with Gasteiger partial charge in [-0.15, -0.1) is 0 Å². The molecule has 2 heterocycles. The molecular formula is C29H36FN3O3. The van der Waals surface area contributed by atoms with Crippen LogP contribution >= 0.6 is 0 Å². The first-order chi connectivity index (χ1) is 17.4. The predicted molar refractivity (Wildman–Crippen MR) is 140 cm³/mol. The SMILES string of the molecule is CCC(CC)C(=O)N(Cc1ccc(OC)cc1)Cc1cc2ccc(F)cc2nc1N1CCC(O)CC1. The monoisotopic (exact) mass is 493 g/mol. The minimum atomic E-state index is -0.326. The Morgan fingerprint density at radius 2 is 1.81 bits per heavy atom. The van der Waals surface area contributed by atoms with E-state index in [0.717, 1.165) is 40.9 Å². The molecule has 0 radical (unpaired) electrons. The van der Waals surface area contributed by atoms with Crippen LogP contribution in [0.25, 0.3) is 10.9 Å². The van der Waals surface area contributed by atoms with E-state index in [9.17, 15) is 14.3 Å². The number of nitrogens with zero attached hydrogens (tertiary/aromatic N) is 3. The molecule has 1 fully saturated rings. The maximum absolute atomic E-state index is 14.0. The molecule has 1 saturated heterocycles. The highest BCUT2D eigenvalue weighted by Crippen LogP contribution is 2.29. The van der Waals surface area contributed by atoms with Gasteiger partial charge in [-0.2, -0.15) is 0 Å². The summed E-state index contributed by atoms with van der Waals surface area (Å²) in [6.45, 7) is 6.30. The number of hydrogen-bond donors (Lipinski definition) is 1. The topological polar surface area (TPSA) is 65.9 Å². The van der Waals surface area contributed by atoms with Gasteiger partial charge in [0.05, 0.1) is 18.7 Å². The molecule has 1 aromatic heterocycles. The van der Waals surface area contributed by atoms with Crippen LogP contribution < -0.4 is 9.64 Å². The van der Waals surface area contributed by atoms with Crippen molar-refractivity contribution in [3.8, 4) is 5.75 Å². The predicted octanol–water partition coefficient (Wildman–Crippen LogP) is 5.31. The first-order valence-corrected chi connectivity index (χ1v) is 12.9. The minimum absolute atomic E-state index is 0.0562. The molecule has 1 amide bonds. The summed E-state index contributed by atoms with van der Waals surface area (Å²) in [5.41, 5.74) is 2.54. The molecule has 192 valence electrons. The molecule has 36 heavy (non-hydrogen) atoms. The number of hydrogen-bond acceptors (Lipinski definition) is 5. The molecule has 0 atom stereocenters. The lowest BCUT2D eigenvalue weighted by Gasteiger charge is -2.34. The Labute approximate surface area is 212 Å². The van der Waals surface area contributed by atoms with Gasteiger partial charge >= 0.3 is 0 Å². The number of rotatable bonds is 9. The van der Waals surface area contributed by atoms with Crippen molar-refractivity contribution in [1.82, 2.24) is 9.88 Å². The Bertz CT molecular complexity index is 1170. The number of pyridine rings is 1. The van der Waals surface area contributed by atoms with Gasteiger partial charge in [-0.3, -0.25) is 4.79 Å². The van der Waals surface area contributed by atoms with Crippen molar-refractivity contribution in [2.45, 2.75) is 58.7 Å². The molecule has 7 heteroatoms. The molecule has 2 aromatic carbocycles. The number of methoxy groups -OCH3 is 1. The number of halogens is 1. The highest BCUT2D eigenvalue weighted by Gasteiger charge is 2.26. The lowest BCUT2D eigenvalue weighted by atomic mass is 10.0. The summed E-state index contributed by atoms with van der Waals surface area (Å²) in [5.74, 6) is 1.27. The first kappa shape index (κ1) is 25.9. The number of aliphatic hydroxyl groups is 1. The van der Waals surface area contributed by atoms with E-state index in [1.165, 1.54) is 12.1 Å². The van der Waals surface area contributed by atoms with Gasteiger partial charge in [0.2, 0.25) is 5.91 Å². The second-order valence-electron chi connectivity index (χ2n) is 9.58. The Morgan fingerprint density at radius 3 is 2.44 bits per heavy atom. The summed E-state index contributed by atoms with van der Waals surface area (Å²) < 4.78 is 19.3. The van der Waals surface area contributed by atoms with Crippen LogP contribution in [-0.4, -0.2) is 47.2 Å². The lowest BCUT2D eigenvalue weighted by molar-refractivity contribution is -0.137. The number of amides is 1. The quantitative estimate of drug-likeness (QED) is 0.438. The van der Waals surface area contributed by atoms with Gasteiger partial charge in [-0.25, -0.2) is 9.37 Å². The molecule has 0 bridgehead atoms. The molecule has 1 aliphatic rings. The summed E-state index contributed by atoms with van der Waals surface area (Å²) >= 11 is 0. The largest absolute Gasteiger partial charge is 0.497 e. The fourth-order valence-corrected chi connectivity index (χ4v) is 4.91. The van der Waals surface area contributed by atoms with E-state index in [4.69, 9.17) is 9.72 Å². The maximum atomic E-state index is 14.0. The number of fused-ring (bicyclic) bond motifs is 1. The highest BCUT2D eigenvalue weighted by atomic mass is 19.1. The fourth-order valence-electron chi connectivity index (χ4n) is 4.91. The molecule has 0 saturated carbocycles. The average Bonchev–Trinajstić information content (AvgIpc) is 2.89. The summed E-state index contributed by atoms with van der Waals surface area (Å²) in [4.78, 5) is 22.6. The van der Waals surface area contributed by atoms with E-state index < -0.39 is 0 Å². The zero-order valence-corrected chi connectivity index (χ0v) is 21.4. The molecule has 1 aliphatic heterocycles. The number of ether oxygens (including phenoxy) is 1. The van der Waals surface area contributed by atoms with Gasteiger partial charge in [-0.1, -0.05) is 26.0 Å². The van der Waals surface area contributed by atoms with Gasteiger partial charge in [-0.05, 0) is 61.6 Å². The summed E-state index contributed by atoms with van der Waals surface area (Å²) in [7, 11) is 1.64. The van der Waals surface area contributed by atoms with Crippen molar-refractivity contribution < 1.29 is 19.0 Å². The molecule has 1 N–H and O–H groups in total. The molecule has 0 unspecified atom stereocenters. The number of piperidine rings is 1. The van der Waals surface area contributed by atoms with E-state index >= 15 is 0 Å². The second kappa shape index (κ2) is 11.7. The van der Waals surface area contributed by atoms with Crippen LogP contribution in [0.3, 0.4) is 0 Å². The second-order valence-corrected chi connectivity index (χ2v) is 9.58. The normalized spacial score (nSPS) is 14.4. The minimum Gasteiger partial charge on any atom is -0.497 e. The standard InChI is InChI=1S/C29H36FN3O3/c1-4-21(5-2)29(35)33(18-20-6-10-26(36-3)11-7-20)19-23-16-22-8-9-24(30)17-27(22)31-28(23)32-14-12-25(34)13-15-32/h6-11,16-17,21,25,34H,4-5,12-15,18-19H2,1-3H3.